The van der Waals surface area contributed by atoms with E-state index < -0.39 is 18.8 Å². The first-order valence-electron chi connectivity index (χ1n) is 9.70. The van der Waals surface area contributed by atoms with Crippen molar-refractivity contribution in [3.05, 3.63) is 47.2 Å². The Bertz CT molecular complexity index is 1310. The van der Waals surface area contributed by atoms with Crippen molar-refractivity contribution in [2.75, 3.05) is 7.11 Å². The van der Waals surface area contributed by atoms with Gasteiger partial charge in [-0.25, -0.2) is 13.8 Å². The molecule has 0 saturated heterocycles. The van der Waals surface area contributed by atoms with E-state index in [0.717, 1.165) is 47.2 Å². The number of aromatic nitrogens is 3. The minimum Gasteiger partial charge on any atom is -0.496 e. The minimum atomic E-state index is -1.92. The summed E-state index contributed by atoms with van der Waals surface area (Å²) in [5.41, 5.74) is 3.19. The Hall–Kier alpha value is -3.04. The molecule has 0 unspecified atom stereocenters. The molecule has 5 rings (SSSR count). The Morgan fingerprint density at radius 3 is 2.60 bits per heavy atom. The van der Waals surface area contributed by atoms with Gasteiger partial charge in [-0.3, -0.25) is 5.10 Å². The monoisotopic (exact) mass is 409 g/mol. The van der Waals surface area contributed by atoms with Crippen LogP contribution in [-0.4, -0.2) is 39.5 Å². The first kappa shape index (κ1) is 19.0. The van der Waals surface area contributed by atoms with Crippen LogP contribution in [0, 0.1) is 11.6 Å². The predicted molar refractivity (Wildman–Crippen MR) is 110 cm³/mol. The molecule has 3 N–H and O–H groups in total. The molecule has 2 aromatic carbocycles. The van der Waals surface area contributed by atoms with E-state index in [-0.39, 0.29) is 22.3 Å². The number of benzene rings is 2. The van der Waals surface area contributed by atoms with E-state index in [2.05, 4.69) is 15.2 Å². The fraction of sp³-hybridized carbons (Fsp3) is 0.238. The number of nitrogens with one attached hydrogen (secondary N) is 1. The van der Waals surface area contributed by atoms with Crippen molar-refractivity contribution in [2.24, 2.45) is 0 Å². The van der Waals surface area contributed by atoms with Crippen LogP contribution in [0.3, 0.4) is 0 Å². The summed E-state index contributed by atoms with van der Waals surface area (Å²) in [6.45, 7) is 0. The number of H-pyrrole nitrogens is 1. The summed E-state index contributed by atoms with van der Waals surface area (Å²) in [4.78, 5) is 4.61. The van der Waals surface area contributed by atoms with Crippen LogP contribution in [-0.2, 0) is 12.8 Å². The third kappa shape index (κ3) is 2.77. The quantitative estimate of drug-likeness (QED) is 0.453. The van der Waals surface area contributed by atoms with Gasteiger partial charge in [-0.05, 0) is 48.9 Å². The zero-order chi connectivity index (χ0) is 21.0. The number of hydrogen-bond donors (Lipinski definition) is 3. The predicted octanol–water partition coefficient (Wildman–Crippen LogP) is 2.62. The van der Waals surface area contributed by atoms with Gasteiger partial charge < -0.3 is 14.8 Å². The molecule has 0 atom stereocenters. The maximum atomic E-state index is 15.0. The Balaban J connectivity index is 1.92. The number of nitrogens with zero attached hydrogens (tertiary/aromatic N) is 2. The van der Waals surface area contributed by atoms with E-state index in [1.54, 1.807) is 6.20 Å². The summed E-state index contributed by atoms with van der Waals surface area (Å²) in [5.74, 6) is -1.06. The standard InChI is InChI=1S/C21H18BF2N3O3/c1-30-21-13(6-10(23)7-15(21)22(28)29)19-12-5-3-2-4-11(12)18-14-9-25-27-17(14)8-16(24)20(18)26-19/h6-9,28-29H,2-5H2,1H3,(H,25,27). The summed E-state index contributed by atoms with van der Waals surface area (Å²) in [5, 5.41) is 27.8. The molecule has 0 bridgehead atoms. The first-order valence-corrected chi connectivity index (χ1v) is 9.70. The molecule has 4 aromatic rings. The van der Waals surface area contributed by atoms with Gasteiger partial charge in [-0.15, -0.1) is 0 Å². The number of aromatic amines is 1. The van der Waals surface area contributed by atoms with E-state index >= 15 is 4.39 Å². The summed E-state index contributed by atoms with van der Waals surface area (Å²) in [6.07, 6.45) is 4.96. The van der Waals surface area contributed by atoms with Crippen molar-refractivity contribution in [3.8, 4) is 17.0 Å². The molecular formula is C21H18BF2N3O3. The summed E-state index contributed by atoms with van der Waals surface area (Å²) in [6, 6.07) is 3.60. The molecule has 1 aliphatic carbocycles. The van der Waals surface area contributed by atoms with Gasteiger partial charge in [0.05, 0.1) is 24.5 Å². The molecule has 0 saturated carbocycles. The fourth-order valence-corrected chi connectivity index (χ4v) is 4.52. The lowest BCUT2D eigenvalue weighted by Gasteiger charge is -2.23. The highest BCUT2D eigenvalue weighted by Gasteiger charge is 2.28. The van der Waals surface area contributed by atoms with E-state index in [9.17, 15) is 14.4 Å². The van der Waals surface area contributed by atoms with Gasteiger partial charge in [0, 0.05) is 27.9 Å². The number of hydrogen-bond acceptors (Lipinski definition) is 5. The summed E-state index contributed by atoms with van der Waals surface area (Å²) < 4.78 is 34.8. The second-order valence-electron chi connectivity index (χ2n) is 7.49. The zero-order valence-corrected chi connectivity index (χ0v) is 16.2. The van der Waals surface area contributed by atoms with Crippen LogP contribution in [0.25, 0.3) is 33.1 Å². The van der Waals surface area contributed by atoms with Crippen molar-refractivity contribution < 1.29 is 23.6 Å². The molecule has 30 heavy (non-hydrogen) atoms. The summed E-state index contributed by atoms with van der Waals surface area (Å²) in [7, 11) is -0.556. The highest BCUT2D eigenvalue weighted by Crippen LogP contribution is 2.41. The molecule has 1 aliphatic rings. The van der Waals surface area contributed by atoms with Gasteiger partial charge in [-0.2, -0.15) is 5.10 Å². The Morgan fingerprint density at radius 1 is 1.10 bits per heavy atom. The lowest BCUT2D eigenvalue weighted by atomic mass is 9.77. The molecule has 9 heteroatoms. The number of halogens is 2. The van der Waals surface area contributed by atoms with Gasteiger partial charge in [0.1, 0.15) is 17.1 Å². The Morgan fingerprint density at radius 2 is 1.87 bits per heavy atom. The van der Waals surface area contributed by atoms with Crippen LogP contribution in [0.2, 0.25) is 0 Å². The zero-order valence-electron chi connectivity index (χ0n) is 16.2. The normalized spacial score (nSPS) is 13.6. The van der Waals surface area contributed by atoms with E-state index in [1.807, 2.05) is 0 Å². The molecule has 0 fully saturated rings. The molecule has 152 valence electrons. The number of fused-ring (bicyclic) bond motifs is 5. The largest absolute Gasteiger partial charge is 0.496 e. The third-order valence-corrected chi connectivity index (χ3v) is 5.77. The highest BCUT2D eigenvalue weighted by atomic mass is 19.1. The molecule has 2 aromatic heterocycles. The number of pyridine rings is 1. The minimum absolute atomic E-state index is 0.107. The smallest absolute Gasteiger partial charge is 0.492 e. The molecule has 6 nitrogen and oxygen atoms in total. The lowest BCUT2D eigenvalue weighted by Crippen LogP contribution is -2.32. The molecular weight excluding hydrogens is 391 g/mol. The topological polar surface area (TPSA) is 91.3 Å². The molecule has 0 aliphatic heterocycles. The Labute approximate surface area is 170 Å². The van der Waals surface area contributed by atoms with Crippen LogP contribution >= 0.6 is 0 Å². The number of methoxy groups -OCH3 is 1. The molecule has 0 amide bonds. The van der Waals surface area contributed by atoms with Crippen molar-refractivity contribution in [1.29, 1.82) is 0 Å². The molecule has 2 heterocycles. The lowest BCUT2D eigenvalue weighted by molar-refractivity contribution is 0.403. The van der Waals surface area contributed by atoms with Crippen molar-refractivity contribution in [2.45, 2.75) is 25.7 Å². The first-order chi connectivity index (χ1) is 14.5. The number of ether oxygens (including phenoxy) is 1. The van der Waals surface area contributed by atoms with Gasteiger partial charge in [0.15, 0.2) is 5.82 Å². The van der Waals surface area contributed by atoms with Crippen molar-refractivity contribution in [1.82, 2.24) is 15.2 Å². The number of rotatable bonds is 3. The Kier molecular flexibility index (Phi) is 4.45. The maximum Gasteiger partial charge on any atom is 0.492 e. The SMILES string of the molecule is COc1c(B(O)O)cc(F)cc1-c1nc2c(F)cc3[nH]ncc3c2c2c1CCCC2. The van der Waals surface area contributed by atoms with Crippen LogP contribution in [0.1, 0.15) is 24.0 Å². The van der Waals surface area contributed by atoms with Crippen LogP contribution in [0.15, 0.2) is 24.4 Å². The van der Waals surface area contributed by atoms with Crippen LogP contribution in [0.4, 0.5) is 8.78 Å². The second kappa shape index (κ2) is 7.03. The van der Waals surface area contributed by atoms with Crippen molar-refractivity contribution in [3.63, 3.8) is 0 Å². The average Bonchev–Trinajstić information content (AvgIpc) is 3.20. The number of aryl methyl sites for hydroxylation is 1. The van der Waals surface area contributed by atoms with Gasteiger partial charge in [0.25, 0.3) is 0 Å². The van der Waals surface area contributed by atoms with Gasteiger partial charge in [-0.1, -0.05) is 0 Å². The maximum absolute atomic E-state index is 15.0. The van der Waals surface area contributed by atoms with E-state index in [4.69, 9.17) is 4.74 Å². The molecule has 0 spiro atoms. The fourth-order valence-electron chi connectivity index (χ4n) is 4.52. The van der Waals surface area contributed by atoms with Crippen LogP contribution < -0.4 is 10.2 Å². The van der Waals surface area contributed by atoms with E-state index in [1.165, 1.54) is 19.2 Å². The average molecular weight is 409 g/mol. The third-order valence-electron chi connectivity index (χ3n) is 5.77. The second-order valence-corrected chi connectivity index (χ2v) is 7.49. The van der Waals surface area contributed by atoms with Gasteiger partial charge in [0.2, 0.25) is 0 Å². The van der Waals surface area contributed by atoms with E-state index in [0.29, 0.717) is 17.6 Å². The van der Waals surface area contributed by atoms with Gasteiger partial charge >= 0.3 is 7.12 Å². The summed E-state index contributed by atoms with van der Waals surface area (Å²) >= 11 is 0. The highest BCUT2D eigenvalue weighted by molar-refractivity contribution is 6.60. The molecule has 0 radical (unpaired) electrons. The van der Waals surface area contributed by atoms with Crippen LogP contribution in [0.5, 0.6) is 5.75 Å². The van der Waals surface area contributed by atoms with Crippen molar-refractivity contribution >= 4 is 34.4 Å².